The van der Waals surface area contributed by atoms with Crippen molar-refractivity contribution in [1.82, 2.24) is 20.4 Å². The molecule has 0 bridgehead atoms. The Balaban J connectivity index is 1.62. The van der Waals surface area contributed by atoms with E-state index in [1.165, 1.54) is 11.1 Å². The number of carbonyl (C=O) groups is 1. The molecule has 2 unspecified atom stereocenters. The lowest BCUT2D eigenvalue weighted by molar-refractivity contribution is -0.121. The number of hydrogen-bond acceptors (Lipinski definition) is 4. The van der Waals surface area contributed by atoms with Crippen molar-refractivity contribution in [3.05, 3.63) is 35.4 Å². The number of nitrogens with zero attached hydrogens (tertiary/aromatic N) is 3. The first-order valence-corrected chi connectivity index (χ1v) is 12.2. The molecular formula is C25H41N5O2. The van der Waals surface area contributed by atoms with Crippen LogP contribution in [0.25, 0.3) is 0 Å². The Bertz CT molecular complexity index is 750. The average molecular weight is 444 g/mol. The third-order valence-electron chi connectivity index (χ3n) is 6.41. The summed E-state index contributed by atoms with van der Waals surface area (Å²) in [4.78, 5) is 21.5. The fourth-order valence-corrected chi connectivity index (χ4v) is 4.82. The minimum atomic E-state index is 0.143. The first-order valence-electron chi connectivity index (χ1n) is 12.2. The van der Waals surface area contributed by atoms with Crippen LogP contribution in [0, 0.1) is 5.92 Å². The molecule has 0 aromatic heterocycles. The zero-order chi connectivity index (χ0) is 22.9. The Morgan fingerprint density at radius 2 is 1.78 bits per heavy atom. The van der Waals surface area contributed by atoms with Crippen LogP contribution in [0.15, 0.2) is 29.3 Å². The van der Waals surface area contributed by atoms with E-state index in [4.69, 9.17) is 9.73 Å². The molecule has 2 aliphatic heterocycles. The first-order chi connectivity index (χ1) is 15.5. The maximum atomic E-state index is 11.7. The molecule has 1 aromatic carbocycles. The van der Waals surface area contributed by atoms with Gasteiger partial charge in [-0.25, -0.2) is 4.99 Å². The average Bonchev–Trinajstić information content (AvgIpc) is 2.77. The quantitative estimate of drug-likeness (QED) is 0.501. The SMILES string of the molecule is CCNC(=NCc1ccccc1CN1CC(C)OC(C)C1)N1CCC(CC(=O)NC)CC1. The number of guanidine groups is 1. The number of likely N-dealkylation sites (tertiary alicyclic amines) is 1. The lowest BCUT2D eigenvalue weighted by Crippen LogP contribution is -2.46. The summed E-state index contributed by atoms with van der Waals surface area (Å²) in [5, 5.41) is 6.22. The molecule has 0 spiro atoms. The van der Waals surface area contributed by atoms with Gasteiger partial charge in [0.1, 0.15) is 0 Å². The lowest BCUT2D eigenvalue weighted by atomic mass is 9.93. The zero-order valence-electron chi connectivity index (χ0n) is 20.3. The Kier molecular flexibility index (Phi) is 9.36. The molecule has 2 N–H and O–H groups in total. The van der Waals surface area contributed by atoms with Crippen LogP contribution in [0.4, 0.5) is 0 Å². The van der Waals surface area contributed by atoms with Gasteiger partial charge in [0.25, 0.3) is 0 Å². The maximum absolute atomic E-state index is 11.7. The summed E-state index contributed by atoms with van der Waals surface area (Å²) < 4.78 is 5.89. The molecule has 0 aliphatic carbocycles. The molecule has 0 radical (unpaired) electrons. The van der Waals surface area contributed by atoms with Crippen molar-refractivity contribution < 1.29 is 9.53 Å². The summed E-state index contributed by atoms with van der Waals surface area (Å²) in [6, 6.07) is 8.66. The van der Waals surface area contributed by atoms with E-state index in [9.17, 15) is 4.79 Å². The van der Waals surface area contributed by atoms with Crippen LogP contribution < -0.4 is 10.6 Å². The van der Waals surface area contributed by atoms with E-state index in [1.54, 1.807) is 7.05 Å². The predicted octanol–water partition coefficient (Wildman–Crippen LogP) is 2.61. The van der Waals surface area contributed by atoms with Crippen LogP contribution >= 0.6 is 0 Å². The first kappa shape index (κ1) is 24.5. The molecule has 1 aromatic rings. The van der Waals surface area contributed by atoms with Crippen molar-refractivity contribution in [2.75, 3.05) is 39.8 Å². The van der Waals surface area contributed by atoms with Gasteiger partial charge in [0, 0.05) is 52.7 Å². The minimum absolute atomic E-state index is 0.143. The van der Waals surface area contributed by atoms with E-state index in [1.807, 2.05) is 0 Å². The van der Waals surface area contributed by atoms with Gasteiger partial charge in [-0.05, 0) is 50.7 Å². The number of ether oxygens (including phenoxy) is 1. The third kappa shape index (κ3) is 7.20. The highest BCUT2D eigenvalue weighted by Crippen LogP contribution is 2.21. The van der Waals surface area contributed by atoms with E-state index in [0.29, 0.717) is 18.9 Å². The molecule has 0 saturated carbocycles. The van der Waals surface area contributed by atoms with Crippen molar-refractivity contribution in [2.24, 2.45) is 10.9 Å². The second kappa shape index (κ2) is 12.2. The van der Waals surface area contributed by atoms with Gasteiger partial charge in [-0.15, -0.1) is 0 Å². The van der Waals surface area contributed by atoms with Crippen LogP contribution in [0.1, 0.15) is 51.2 Å². The van der Waals surface area contributed by atoms with Crippen molar-refractivity contribution >= 4 is 11.9 Å². The lowest BCUT2D eigenvalue weighted by Gasteiger charge is -2.35. The number of morpholine rings is 1. The second-order valence-corrected chi connectivity index (χ2v) is 9.20. The number of amides is 1. The van der Waals surface area contributed by atoms with Gasteiger partial charge in [-0.3, -0.25) is 9.69 Å². The monoisotopic (exact) mass is 443 g/mol. The highest BCUT2D eigenvalue weighted by molar-refractivity contribution is 5.80. The molecule has 2 aliphatic rings. The van der Waals surface area contributed by atoms with E-state index in [-0.39, 0.29) is 18.1 Å². The van der Waals surface area contributed by atoms with Crippen molar-refractivity contribution in [3.63, 3.8) is 0 Å². The number of nitrogens with one attached hydrogen (secondary N) is 2. The molecule has 7 nitrogen and oxygen atoms in total. The Morgan fingerprint density at radius 1 is 1.12 bits per heavy atom. The molecule has 32 heavy (non-hydrogen) atoms. The molecule has 2 atom stereocenters. The smallest absolute Gasteiger partial charge is 0.220 e. The number of benzene rings is 1. The number of piperidine rings is 1. The van der Waals surface area contributed by atoms with Crippen LogP contribution in [0.5, 0.6) is 0 Å². The van der Waals surface area contributed by atoms with Gasteiger partial charge >= 0.3 is 0 Å². The standard InChI is InChI=1S/C25H41N5O2/c1-5-27-25(30-12-10-21(11-13-30)14-24(31)26-4)28-15-22-8-6-7-9-23(22)18-29-16-19(2)32-20(3)17-29/h6-9,19-21H,5,10-18H2,1-4H3,(H,26,31)(H,27,28). The number of aliphatic imine (C=N–C) groups is 1. The number of rotatable bonds is 7. The van der Waals surface area contributed by atoms with E-state index in [0.717, 1.165) is 58.1 Å². The fourth-order valence-electron chi connectivity index (χ4n) is 4.82. The van der Waals surface area contributed by atoms with E-state index in [2.05, 4.69) is 65.5 Å². The molecular weight excluding hydrogens is 402 g/mol. The van der Waals surface area contributed by atoms with Gasteiger partial charge in [-0.1, -0.05) is 24.3 Å². The highest BCUT2D eigenvalue weighted by Gasteiger charge is 2.24. The van der Waals surface area contributed by atoms with Crippen molar-refractivity contribution in [2.45, 2.75) is 65.3 Å². The number of carbonyl (C=O) groups excluding carboxylic acids is 1. The summed E-state index contributed by atoms with van der Waals surface area (Å²) in [6.45, 7) is 12.7. The van der Waals surface area contributed by atoms with Crippen molar-refractivity contribution in [1.29, 1.82) is 0 Å². The van der Waals surface area contributed by atoms with Gasteiger partial charge < -0.3 is 20.3 Å². The topological polar surface area (TPSA) is 69.2 Å². The largest absolute Gasteiger partial charge is 0.373 e. The van der Waals surface area contributed by atoms with Crippen LogP contribution in [-0.2, 0) is 22.6 Å². The molecule has 1 amide bonds. The van der Waals surface area contributed by atoms with Gasteiger partial charge in [-0.2, -0.15) is 0 Å². The summed E-state index contributed by atoms with van der Waals surface area (Å²) in [5.74, 6) is 1.59. The maximum Gasteiger partial charge on any atom is 0.220 e. The van der Waals surface area contributed by atoms with Crippen molar-refractivity contribution in [3.8, 4) is 0 Å². The third-order valence-corrected chi connectivity index (χ3v) is 6.41. The number of hydrogen-bond donors (Lipinski definition) is 2. The van der Waals surface area contributed by atoms with Gasteiger partial charge in [0.05, 0.1) is 18.8 Å². The Hall–Kier alpha value is -2.12. The molecule has 3 rings (SSSR count). The summed E-state index contributed by atoms with van der Waals surface area (Å²) in [5.41, 5.74) is 2.63. The zero-order valence-corrected chi connectivity index (χ0v) is 20.3. The predicted molar refractivity (Wildman–Crippen MR) is 130 cm³/mol. The van der Waals surface area contributed by atoms with Gasteiger partial charge in [0.2, 0.25) is 5.91 Å². The Morgan fingerprint density at radius 3 is 2.41 bits per heavy atom. The summed E-state index contributed by atoms with van der Waals surface area (Å²) >= 11 is 0. The van der Waals surface area contributed by atoms with Crippen LogP contribution in [-0.4, -0.2) is 73.6 Å². The van der Waals surface area contributed by atoms with Crippen LogP contribution in [0.2, 0.25) is 0 Å². The minimum Gasteiger partial charge on any atom is -0.373 e. The molecule has 2 heterocycles. The molecule has 178 valence electrons. The molecule has 7 heteroatoms. The second-order valence-electron chi connectivity index (χ2n) is 9.20. The Labute approximate surface area is 193 Å². The fraction of sp³-hybridized carbons (Fsp3) is 0.680. The van der Waals surface area contributed by atoms with E-state index < -0.39 is 0 Å². The summed E-state index contributed by atoms with van der Waals surface area (Å²) in [7, 11) is 1.71. The summed E-state index contributed by atoms with van der Waals surface area (Å²) in [6.07, 6.45) is 3.24. The highest BCUT2D eigenvalue weighted by atomic mass is 16.5. The normalized spacial score (nSPS) is 23.2. The van der Waals surface area contributed by atoms with Crippen LogP contribution in [0.3, 0.4) is 0 Å². The van der Waals surface area contributed by atoms with Gasteiger partial charge in [0.15, 0.2) is 5.96 Å². The molecule has 2 fully saturated rings. The molecule has 2 saturated heterocycles. The van der Waals surface area contributed by atoms with E-state index >= 15 is 0 Å².